The zero-order valence-electron chi connectivity index (χ0n) is 14.8. The molecule has 0 aromatic heterocycles. The van der Waals surface area contributed by atoms with Crippen LogP contribution >= 0.6 is 0 Å². The summed E-state index contributed by atoms with van der Waals surface area (Å²) in [5.41, 5.74) is -0.890. The van der Waals surface area contributed by atoms with Crippen molar-refractivity contribution in [3.63, 3.8) is 0 Å². The molecule has 2 aromatic rings. The molecule has 8 heteroatoms. The van der Waals surface area contributed by atoms with Gasteiger partial charge in [0.15, 0.2) is 5.78 Å². The number of nitrogens with one attached hydrogen (secondary N) is 1. The number of carbonyl (C=O) groups excluding carboxylic acids is 2. The maximum absolute atomic E-state index is 13.7. The molecule has 0 aliphatic carbocycles. The monoisotopic (exact) mass is 394 g/mol. The average Bonchev–Trinajstić information content (AvgIpc) is 2.68. The fourth-order valence-corrected chi connectivity index (χ4v) is 3.22. The number of nitrogens with zero attached hydrogens (tertiary/aromatic N) is 1. The van der Waals surface area contributed by atoms with Gasteiger partial charge in [-0.2, -0.15) is 13.2 Å². The van der Waals surface area contributed by atoms with Gasteiger partial charge in [0.25, 0.3) is 0 Å². The van der Waals surface area contributed by atoms with Gasteiger partial charge in [-0.05, 0) is 37.1 Å². The quantitative estimate of drug-likeness (QED) is 0.590. The first-order chi connectivity index (χ1) is 13.3. The van der Waals surface area contributed by atoms with Crippen LogP contribution < -0.4 is 5.32 Å². The Morgan fingerprint density at radius 1 is 1.07 bits per heavy atom. The summed E-state index contributed by atoms with van der Waals surface area (Å²) >= 11 is 0. The Hall–Kier alpha value is -2.90. The van der Waals surface area contributed by atoms with Gasteiger partial charge in [0.1, 0.15) is 5.82 Å². The number of hydrogen-bond donors (Lipinski definition) is 1. The molecule has 2 amide bonds. The molecule has 3 rings (SSSR count). The van der Waals surface area contributed by atoms with E-state index in [2.05, 4.69) is 5.32 Å². The molecule has 0 radical (unpaired) electrons. The van der Waals surface area contributed by atoms with Crippen LogP contribution in [0.25, 0.3) is 0 Å². The standard InChI is InChI=1S/C20H18F4N2O2/c21-16-8-1-2-9-17(16)25-19(28)26-10-4-6-14(12-26)18(27)13-5-3-7-15(11-13)20(22,23)24/h1-3,5,7-9,11,14H,4,6,10,12H2,(H,25,28)/t14-/m1/s1. The number of Topliss-reactive ketones (excluding diaryl/α,β-unsaturated/α-hetero) is 1. The maximum Gasteiger partial charge on any atom is 0.416 e. The molecule has 148 valence electrons. The van der Waals surface area contributed by atoms with Crippen molar-refractivity contribution in [1.29, 1.82) is 0 Å². The van der Waals surface area contributed by atoms with Crippen molar-refractivity contribution in [1.82, 2.24) is 4.90 Å². The molecule has 2 aromatic carbocycles. The number of likely N-dealkylation sites (tertiary alicyclic amines) is 1. The summed E-state index contributed by atoms with van der Waals surface area (Å²) < 4.78 is 52.3. The molecule has 0 saturated carbocycles. The minimum absolute atomic E-state index is 0.0267. The fourth-order valence-electron chi connectivity index (χ4n) is 3.22. The number of benzene rings is 2. The molecule has 0 unspecified atom stereocenters. The van der Waals surface area contributed by atoms with Crippen molar-refractivity contribution >= 4 is 17.5 Å². The number of urea groups is 1. The summed E-state index contributed by atoms with van der Waals surface area (Å²) in [6.07, 6.45) is -3.53. The van der Waals surface area contributed by atoms with Crippen LogP contribution in [0.4, 0.5) is 28.0 Å². The Morgan fingerprint density at radius 3 is 2.54 bits per heavy atom. The minimum Gasteiger partial charge on any atom is -0.324 e. The number of hydrogen-bond acceptors (Lipinski definition) is 2. The summed E-state index contributed by atoms with van der Waals surface area (Å²) in [6, 6.07) is 9.44. The van der Waals surface area contributed by atoms with Crippen LogP contribution in [-0.2, 0) is 6.18 Å². The number of alkyl halides is 3. The summed E-state index contributed by atoms with van der Waals surface area (Å²) in [7, 11) is 0. The molecule has 1 saturated heterocycles. The first-order valence-electron chi connectivity index (χ1n) is 8.77. The van der Waals surface area contributed by atoms with Gasteiger partial charge in [-0.1, -0.05) is 24.3 Å². The number of rotatable bonds is 3. The van der Waals surface area contributed by atoms with E-state index in [9.17, 15) is 27.2 Å². The summed E-state index contributed by atoms with van der Waals surface area (Å²) in [5, 5.41) is 2.46. The van der Waals surface area contributed by atoms with E-state index in [1.54, 1.807) is 6.07 Å². The van der Waals surface area contributed by atoms with E-state index in [-0.39, 0.29) is 17.8 Å². The number of piperidine rings is 1. The van der Waals surface area contributed by atoms with Gasteiger partial charge in [-0.15, -0.1) is 0 Å². The summed E-state index contributed by atoms with van der Waals surface area (Å²) in [5.74, 6) is -1.62. The lowest BCUT2D eigenvalue weighted by Crippen LogP contribution is -2.44. The SMILES string of the molecule is O=C(c1cccc(C(F)(F)F)c1)[C@@H]1CCCN(C(=O)Nc2ccccc2F)C1. The van der Waals surface area contributed by atoms with E-state index in [1.807, 2.05) is 0 Å². The van der Waals surface area contributed by atoms with Gasteiger partial charge in [-0.3, -0.25) is 4.79 Å². The highest BCUT2D eigenvalue weighted by Crippen LogP contribution is 2.31. The molecule has 1 fully saturated rings. The minimum atomic E-state index is -4.53. The highest BCUT2D eigenvalue weighted by Gasteiger charge is 2.33. The van der Waals surface area contributed by atoms with Gasteiger partial charge < -0.3 is 10.2 Å². The van der Waals surface area contributed by atoms with Crippen molar-refractivity contribution in [2.75, 3.05) is 18.4 Å². The second kappa shape index (κ2) is 8.00. The third-order valence-electron chi connectivity index (χ3n) is 4.67. The Bertz CT molecular complexity index is 883. The highest BCUT2D eigenvalue weighted by molar-refractivity contribution is 5.99. The van der Waals surface area contributed by atoms with Gasteiger partial charge in [0.05, 0.1) is 11.3 Å². The van der Waals surface area contributed by atoms with Gasteiger partial charge in [-0.25, -0.2) is 9.18 Å². The predicted molar refractivity (Wildman–Crippen MR) is 95.5 cm³/mol. The third-order valence-corrected chi connectivity index (χ3v) is 4.67. The van der Waals surface area contributed by atoms with Crippen molar-refractivity contribution in [3.05, 3.63) is 65.5 Å². The number of ketones is 1. The van der Waals surface area contributed by atoms with Crippen molar-refractivity contribution in [2.45, 2.75) is 19.0 Å². The average molecular weight is 394 g/mol. The second-order valence-electron chi connectivity index (χ2n) is 6.64. The molecule has 0 spiro atoms. The van der Waals surface area contributed by atoms with Gasteiger partial charge in [0, 0.05) is 24.6 Å². The van der Waals surface area contributed by atoms with Gasteiger partial charge in [0.2, 0.25) is 0 Å². The van der Waals surface area contributed by atoms with Crippen LogP contribution in [0, 0.1) is 11.7 Å². The number of halogens is 4. The zero-order valence-corrected chi connectivity index (χ0v) is 14.8. The topological polar surface area (TPSA) is 49.4 Å². The molecular formula is C20H18F4N2O2. The molecule has 28 heavy (non-hydrogen) atoms. The van der Waals surface area contributed by atoms with E-state index in [4.69, 9.17) is 0 Å². The summed E-state index contributed by atoms with van der Waals surface area (Å²) in [6.45, 7) is 0.446. The van der Waals surface area contributed by atoms with Crippen LogP contribution in [0.15, 0.2) is 48.5 Å². The van der Waals surface area contributed by atoms with Crippen molar-refractivity contribution in [2.24, 2.45) is 5.92 Å². The Morgan fingerprint density at radius 2 is 1.82 bits per heavy atom. The lowest BCUT2D eigenvalue weighted by molar-refractivity contribution is -0.137. The Balaban J connectivity index is 1.70. The fraction of sp³-hybridized carbons (Fsp3) is 0.300. The molecule has 1 N–H and O–H groups in total. The van der Waals surface area contributed by atoms with Crippen LogP contribution in [0.2, 0.25) is 0 Å². The molecule has 0 bridgehead atoms. The third kappa shape index (κ3) is 4.49. The van der Waals surface area contributed by atoms with E-state index in [0.29, 0.717) is 19.4 Å². The zero-order chi connectivity index (χ0) is 20.3. The van der Waals surface area contributed by atoms with Crippen LogP contribution in [-0.4, -0.2) is 29.8 Å². The van der Waals surface area contributed by atoms with E-state index < -0.39 is 35.3 Å². The normalized spacial score (nSPS) is 17.3. The number of anilines is 1. The Labute approximate surface area is 159 Å². The largest absolute Gasteiger partial charge is 0.416 e. The van der Waals surface area contributed by atoms with Gasteiger partial charge >= 0.3 is 12.2 Å². The first kappa shape index (κ1) is 19.9. The molecule has 1 heterocycles. The van der Waals surface area contributed by atoms with Crippen molar-refractivity contribution < 1.29 is 27.2 Å². The lowest BCUT2D eigenvalue weighted by atomic mass is 9.89. The van der Waals surface area contributed by atoms with Crippen LogP contribution in [0.3, 0.4) is 0 Å². The number of carbonyl (C=O) groups is 2. The van der Waals surface area contributed by atoms with Crippen LogP contribution in [0.5, 0.6) is 0 Å². The van der Waals surface area contributed by atoms with Crippen LogP contribution in [0.1, 0.15) is 28.8 Å². The predicted octanol–water partition coefficient (Wildman–Crippen LogP) is 4.97. The van der Waals surface area contributed by atoms with E-state index in [0.717, 1.165) is 12.1 Å². The first-order valence-corrected chi connectivity index (χ1v) is 8.77. The second-order valence-corrected chi connectivity index (χ2v) is 6.64. The molecule has 4 nitrogen and oxygen atoms in total. The lowest BCUT2D eigenvalue weighted by Gasteiger charge is -2.32. The molecule has 1 atom stereocenters. The Kier molecular flexibility index (Phi) is 5.67. The molecule has 1 aliphatic heterocycles. The van der Waals surface area contributed by atoms with Crippen molar-refractivity contribution in [3.8, 4) is 0 Å². The number of amides is 2. The molecular weight excluding hydrogens is 376 g/mol. The van der Waals surface area contributed by atoms with E-state index >= 15 is 0 Å². The molecule has 1 aliphatic rings. The van der Waals surface area contributed by atoms with E-state index in [1.165, 1.54) is 35.2 Å². The number of para-hydroxylation sites is 1. The maximum atomic E-state index is 13.7. The summed E-state index contributed by atoms with van der Waals surface area (Å²) in [4.78, 5) is 26.5. The smallest absolute Gasteiger partial charge is 0.324 e. The highest BCUT2D eigenvalue weighted by atomic mass is 19.4.